The van der Waals surface area contributed by atoms with Gasteiger partial charge in [-0.15, -0.1) is 0 Å². The molecule has 2 atom stereocenters. The van der Waals surface area contributed by atoms with Crippen LogP contribution in [0.1, 0.15) is 28.8 Å². The molecule has 4 rings (SSSR count). The molecular weight excluding hydrogens is 504 g/mol. The predicted molar refractivity (Wildman–Crippen MR) is 109 cm³/mol. The van der Waals surface area contributed by atoms with E-state index in [-0.39, 0.29) is 5.91 Å². The number of hydrogen-bond donors (Lipinski definition) is 2. The fourth-order valence-electron chi connectivity index (χ4n) is 3.80. The van der Waals surface area contributed by atoms with Crippen molar-refractivity contribution < 1.29 is 55.4 Å². The van der Waals surface area contributed by atoms with Crippen LogP contribution in [-0.4, -0.2) is 80.4 Å². The number of alkyl halides is 6. The number of likely N-dealkylation sites (tertiary alicyclic amines) is 2. The molecule has 15 heteroatoms. The van der Waals surface area contributed by atoms with Crippen LogP contribution in [0.25, 0.3) is 0 Å². The number of pyridine rings is 1. The number of nitrogens with zero attached hydrogens (tertiary/aromatic N) is 3. The number of hydrogen-bond acceptors (Lipinski definition) is 6. The average molecular weight is 525 g/mol. The van der Waals surface area contributed by atoms with Crippen LogP contribution in [-0.2, 0) is 16.1 Å². The van der Waals surface area contributed by atoms with Gasteiger partial charge in [0.15, 0.2) is 0 Å². The minimum absolute atomic E-state index is 0.101. The Morgan fingerprint density at radius 2 is 1.56 bits per heavy atom. The Morgan fingerprint density at radius 1 is 0.972 bits per heavy atom. The van der Waals surface area contributed by atoms with E-state index in [0.717, 1.165) is 32.5 Å². The van der Waals surface area contributed by atoms with Gasteiger partial charge in [0.1, 0.15) is 6.26 Å². The number of aromatic nitrogens is 1. The van der Waals surface area contributed by atoms with Gasteiger partial charge >= 0.3 is 24.3 Å². The van der Waals surface area contributed by atoms with Gasteiger partial charge in [-0.3, -0.25) is 14.7 Å². The second-order valence-corrected chi connectivity index (χ2v) is 7.66. The number of fused-ring (bicyclic) bond motifs is 1. The Hall–Kier alpha value is -3.62. The highest BCUT2D eigenvalue weighted by molar-refractivity contribution is 5.94. The molecule has 0 bridgehead atoms. The summed E-state index contributed by atoms with van der Waals surface area (Å²) in [4.78, 5) is 39.0. The van der Waals surface area contributed by atoms with Gasteiger partial charge in [-0.2, -0.15) is 26.3 Å². The molecule has 2 aliphatic rings. The first-order valence-corrected chi connectivity index (χ1v) is 10.3. The van der Waals surface area contributed by atoms with E-state index in [2.05, 4.69) is 16.0 Å². The number of carboxylic acids is 2. The highest BCUT2D eigenvalue weighted by Crippen LogP contribution is 2.33. The van der Waals surface area contributed by atoms with Crippen molar-refractivity contribution in [1.29, 1.82) is 0 Å². The fourth-order valence-corrected chi connectivity index (χ4v) is 3.80. The second-order valence-electron chi connectivity index (χ2n) is 7.66. The van der Waals surface area contributed by atoms with Gasteiger partial charge in [-0.25, -0.2) is 9.59 Å². The summed E-state index contributed by atoms with van der Waals surface area (Å²) in [7, 11) is 0. The van der Waals surface area contributed by atoms with Crippen molar-refractivity contribution >= 4 is 17.8 Å². The first kappa shape index (κ1) is 28.6. The number of aliphatic carboxylic acids is 2. The number of carbonyl (C=O) groups excluding carboxylic acids is 1. The molecule has 2 aromatic heterocycles. The van der Waals surface area contributed by atoms with E-state index in [4.69, 9.17) is 24.2 Å². The summed E-state index contributed by atoms with van der Waals surface area (Å²) in [6, 6.07) is 6.64. The molecule has 2 saturated heterocycles. The van der Waals surface area contributed by atoms with Gasteiger partial charge in [0.25, 0.3) is 5.91 Å². The Morgan fingerprint density at radius 3 is 2.03 bits per heavy atom. The SMILES string of the molecule is O=C(O)C(F)(F)F.O=C(O)C(F)(F)F.O=C(c1ccoc1)N1CC[C@H]2[C@H]1CCN2Cc1cccnc1. The Kier molecular flexibility index (Phi) is 9.44. The van der Waals surface area contributed by atoms with Gasteiger partial charge in [-0.05, 0) is 30.5 Å². The van der Waals surface area contributed by atoms with E-state index in [0.29, 0.717) is 17.6 Å². The Labute approximate surface area is 199 Å². The largest absolute Gasteiger partial charge is 0.490 e. The summed E-state index contributed by atoms with van der Waals surface area (Å²) < 4.78 is 68.5. The lowest BCUT2D eigenvalue weighted by molar-refractivity contribution is -0.193. The van der Waals surface area contributed by atoms with Crippen LogP contribution >= 0.6 is 0 Å². The third-order valence-corrected chi connectivity index (χ3v) is 5.31. The summed E-state index contributed by atoms with van der Waals surface area (Å²) in [6.07, 6.45) is -1.24. The first-order valence-electron chi connectivity index (χ1n) is 10.3. The minimum atomic E-state index is -5.08. The third-order valence-electron chi connectivity index (χ3n) is 5.31. The van der Waals surface area contributed by atoms with Crippen molar-refractivity contribution in [2.24, 2.45) is 0 Å². The van der Waals surface area contributed by atoms with Crippen LogP contribution in [0, 0.1) is 0 Å². The van der Waals surface area contributed by atoms with Crippen LogP contribution in [0.4, 0.5) is 26.3 Å². The summed E-state index contributed by atoms with van der Waals surface area (Å²) in [5, 5.41) is 14.2. The Balaban J connectivity index is 0.000000271. The van der Waals surface area contributed by atoms with E-state index in [1.54, 1.807) is 18.5 Å². The van der Waals surface area contributed by atoms with Crippen molar-refractivity contribution in [3.63, 3.8) is 0 Å². The number of halogens is 6. The molecule has 0 spiro atoms. The van der Waals surface area contributed by atoms with Crippen LogP contribution in [0.5, 0.6) is 0 Å². The lowest BCUT2D eigenvalue weighted by Gasteiger charge is -2.25. The number of carboxylic acid groups (broad SMARTS) is 2. The maximum absolute atomic E-state index is 12.6. The van der Waals surface area contributed by atoms with Crippen LogP contribution in [0.15, 0.2) is 47.5 Å². The lowest BCUT2D eigenvalue weighted by atomic mass is 10.1. The molecule has 0 aromatic carbocycles. The molecule has 0 radical (unpaired) electrons. The van der Waals surface area contributed by atoms with E-state index < -0.39 is 24.3 Å². The van der Waals surface area contributed by atoms with E-state index in [1.165, 1.54) is 11.8 Å². The molecule has 1 amide bonds. The maximum Gasteiger partial charge on any atom is 0.490 e. The third kappa shape index (κ3) is 7.96. The van der Waals surface area contributed by atoms with Crippen LogP contribution in [0.2, 0.25) is 0 Å². The van der Waals surface area contributed by atoms with Gasteiger partial charge < -0.3 is 19.5 Å². The molecule has 2 aromatic rings. The predicted octanol–water partition coefficient (Wildman–Crippen LogP) is 3.43. The molecule has 2 N–H and O–H groups in total. The van der Waals surface area contributed by atoms with Crippen molar-refractivity contribution in [1.82, 2.24) is 14.8 Å². The first-order chi connectivity index (χ1) is 16.7. The standard InChI is InChI=1S/C17H19N3O2.2C2HF3O2/c21-17(14-5-9-22-12-14)20-8-4-15-16(20)3-7-19(15)11-13-2-1-6-18-10-13;2*3-2(4,5)1(6)7/h1-2,5-6,9-10,12,15-16H,3-4,7-8,11H2;2*(H,6,7)/t15-,16+;;/m0../s1. The smallest absolute Gasteiger partial charge is 0.475 e. The molecule has 9 nitrogen and oxygen atoms in total. The molecule has 0 aliphatic carbocycles. The number of furan rings is 1. The zero-order valence-electron chi connectivity index (χ0n) is 18.4. The monoisotopic (exact) mass is 525 g/mol. The zero-order chi connectivity index (χ0) is 27.1. The van der Waals surface area contributed by atoms with Crippen molar-refractivity contribution in [3.8, 4) is 0 Å². The number of carbonyl (C=O) groups is 3. The summed E-state index contributed by atoms with van der Waals surface area (Å²) in [5.74, 6) is -5.41. The van der Waals surface area contributed by atoms with Gasteiger partial charge in [-0.1, -0.05) is 6.07 Å². The van der Waals surface area contributed by atoms with Crippen LogP contribution < -0.4 is 0 Å². The van der Waals surface area contributed by atoms with Gasteiger partial charge in [0.05, 0.1) is 11.8 Å². The second kappa shape index (κ2) is 11.9. The molecule has 0 unspecified atom stereocenters. The summed E-state index contributed by atoms with van der Waals surface area (Å²) in [5.41, 5.74) is 1.90. The van der Waals surface area contributed by atoms with Crippen molar-refractivity contribution in [2.75, 3.05) is 13.1 Å². The van der Waals surface area contributed by atoms with Gasteiger partial charge in [0, 0.05) is 44.1 Å². The summed E-state index contributed by atoms with van der Waals surface area (Å²) >= 11 is 0. The molecule has 36 heavy (non-hydrogen) atoms. The molecule has 4 heterocycles. The Bertz CT molecular complexity index is 989. The zero-order valence-corrected chi connectivity index (χ0v) is 18.4. The van der Waals surface area contributed by atoms with E-state index in [9.17, 15) is 31.1 Å². The van der Waals surface area contributed by atoms with E-state index in [1.807, 2.05) is 17.2 Å². The van der Waals surface area contributed by atoms with Crippen LogP contribution in [0.3, 0.4) is 0 Å². The lowest BCUT2D eigenvalue weighted by Crippen LogP contribution is -2.39. The van der Waals surface area contributed by atoms with Crippen molar-refractivity contribution in [3.05, 3.63) is 54.2 Å². The number of rotatable bonds is 3. The maximum atomic E-state index is 12.6. The number of amides is 1. The highest BCUT2D eigenvalue weighted by atomic mass is 19.4. The topological polar surface area (TPSA) is 124 Å². The molecule has 198 valence electrons. The molecule has 2 fully saturated rings. The molecule has 2 aliphatic heterocycles. The highest BCUT2D eigenvalue weighted by Gasteiger charge is 2.44. The minimum Gasteiger partial charge on any atom is -0.475 e. The molecule has 0 saturated carbocycles. The molecular formula is C21H21F6N3O6. The normalized spacial score (nSPS) is 19.4. The quantitative estimate of drug-likeness (QED) is 0.585. The van der Waals surface area contributed by atoms with Gasteiger partial charge in [0.2, 0.25) is 0 Å². The van der Waals surface area contributed by atoms with Crippen molar-refractivity contribution in [2.45, 2.75) is 43.8 Å². The fraction of sp³-hybridized carbons (Fsp3) is 0.429. The average Bonchev–Trinajstić information content (AvgIpc) is 3.53. The summed E-state index contributed by atoms with van der Waals surface area (Å²) in [6.45, 7) is 2.80. The van der Waals surface area contributed by atoms with E-state index >= 15 is 0 Å².